The van der Waals surface area contributed by atoms with E-state index in [-0.39, 0.29) is 17.7 Å². The molecule has 0 spiro atoms. The Bertz CT molecular complexity index is 619. The summed E-state index contributed by atoms with van der Waals surface area (Å²) in [5.41, 5.74) is 0.668. The van der Waals surface area contributed by atoms with Crippen LogP contribution >= 0.6 is 11.3 Å². The number of carbonyl (C=O) groups excluding carboxylic acids is 2. The van der Waals surface area contributed by atoms with Gasteiger partial charge in [0, 0.05) is 12.3 Å². The number of carbonyl (C=O) groups is 2. The number of furan rings is 1. The van der Waals surface area contributed by atoms with Gasteiger partial charge in [0.15, 0.2) is 10.9 Å². The molecule has 7 heteroatoms. The van der Waals surface area contributed by atoms with Gasteiger partial charge in [0.05, 0.1) is 6.26 Å². The maximum absolute atomic E-state index is 12.2. The molecule has 2 aromatic rings. The average Bonchev–Trinajstić information content (AvgIpc) is 3.05. The maximum Gasteiger partial charge on any atom is 0.248 e. The van der Waals surface area contributed by atoms with Gasteiger partial charge in [0.25, 0.3) is 0 Å². The van der Waals surface area contributed by atoms with Gasteiger partial charge in [-0.1, -0.05) is 13.8 Å². The van der Waals surface area contributed by atoms with Crippen molar-refractivity contribution in [2.24, 2.45) is 5.92 Å². The number of anilines is 1. The smallest absolute Gasteiger partial charge is 0.248 e. The Hall–Kier alpha value is -2.15. The van der Waals surface area contributed by atoms with Gasteiger partial charge in [0.2, 0.25) is 11.8 Å². The number of nitrogens with one attached hydrogen (secondary N) is 2. The van der Waals surface area contributed by atoms with E-state index in [0.717, 1.165) is 0 Å². The quantitative estimate of drug-likeness (QED) is 0.889. The molecule has 0 radical (unpaired) electrons. The van der Waals surface area contributed by atoms with Crippen molar-refractivity contribution in [3.8, 4) is 11.5 Å². The first-order valence-corrected chi connectivity index (χ1v) is 7.42. The summed E-state index contributed by atoms with van der Waals surface area (Å²) in [5, 5.41) is 7.64. The van der Waals surface area contributed by atoms with E-state index in [1.54, 1.807) is 23.8 Å². The van der Waals surface area contributed by atoms with E-state index >= 15 is 0 Å². The Morgan fingerprint density at radius 1 is 1.38 bits per heavy atom. The molecule has 0 fully saturated rings. The average molecular weight is 307 g/mol. The van der Waals surface area contributed by atoms with Crippen molar-refractivity contribution in [1.82, 2.24) is 10.3 Å². The standard InChI is InChI=1S/C14H17N3O3S/c1-8(2)12(15-9(3)18)13(19)17-14-16-10(7-21-14)11-5-4-6-20-11/h4-8,12H,1-3H3,(H,15,18)(H,16,17,19)/t12-/m0/s1. The van der Waals surface area contributed by atoms with E-state index in [1.165, 1.54) is 18.3 Å². The largest absolute Gasteiger partial charge is 0.463 e. The van der Waals surface area contributed by atoms with Crippen molar-refractivity contribution in [2.75, 3.05) is 5.32 Å². The first kappa shape index (κ1) is 15.2. The summed E-state index contributed by atoms with van der Waals surface area (Å²) in [6.45, 7) is 5.13. The molecule has 0 saturated heterocycles. The fraction of sp³-hybridized carbons (Fsp3) is 0.357. The van der Waals surface area contributed by atoms with Gasteiger partial charge in [-0.25, -0.2) is 4.98 Å². The van der Waals surface area contributed by atoms with E-state index in [0.29, 0.717) is 16.6 Å². The fourth-order valence-electron chi connectivity index (χ4n) is 1.81. The summed E-state index contributed by atoms with van der Waals surface area (Å²) < 4.78 is 5.25. The van der Waals surface area contributed by atoms with Crippen molar-refractivity contribution in [3.05, 3.63) is 23.8 Å². The Balaban J connectivity index is 2.06. The van der Waals surface area contributed by atoms with E-state index < -0.39 is 6.04 Å². The molecule has 2 rings (SSSR count). The van der Waals surface area contributed by atoms with Crippen molar-refractivity contribution in [1.29, 1.82) is 0 Å². The molecule has 0 aromatic carbocycles. The predicted octanol–water partition coefficient (Wildman–Crippen LogP) is 2.50. The molecular weight excluding hydrogens is 290 g/mol. The van der Waals surface area contributed by atoms with Crippen LogP contribution in [0.1, 0.15) is 20.8 Å². The third-order valence-electron chi connectivity index (χ3n) is 2.82. The number of hydrogen-bond acceptors (Lipinski definition) is 5. The Labute approximate surface area is 126 Å². The molecule has 0 unspecified atom stereocenters. The van der Waals surface area contributed by atoms with Crippen LogP contribution in [0.2, 0.25) is 0 Å². The molecule has 6 nitrogen and oxygen atoms in total. The number of nitrogens with zero attached hydrogens (tertiary/aromatic N) is 1. The van der Waals surface area contributed by atoms with Gasteiger partial charge in [0.1, 0.15) is 11.7 Å². The highest BCUT2D eigenvalue weighted by Crippen LogP contribution is 2.25. The molecule has 2 heterocycles. The molecule has 2 amide bonds. The third kappa shape index (κ3) is 3.91. The van der Waals surface area contributed by atoms with Crippen LogP contribution in [0.15, 0.2) is 28.2 Å². The van der Waals surface area contributed by atoms with Gasteiger partial charge in [-0.2, -0.15) is 0 Å². The molecule has 0 bridgehead atoms. The van der Waals surface area contributed by atoms with Crippen LogP contribution in [0.4, 0.5) is 5.13 Å². The van der Waals surface area contributed by atoms with Crippen LogP contribution in [0.3, 0.4) is 0 Å². The van der Waals surface area contributed by atoms with Crippen molar-refractivity contribution >= 4 is 28.3 Å². The second kappa shape index (κ2) is 6.53. The number of hydrogen-bond donors (Lipinski definition) is 2. The summed E-state index contributed by atoms with van der Waals surface area (Å²) >= 11 is 1.31. The lowest BCUT2D eigenvalue weighted by Crippen LogP contribution is -2.46. The zero-order valence-electron chi connectivity index (χ0n) is 12.0. The SMILES string of the molecule is CC(=O)N[C@H](C(=O)Nc1nc(-c2ccco2)cs1)C(C)C. The minimum Gasteiger partial charge on any atom is -0.463 e. The molecule has 112 valence electrons. The maximum atomic E-state index is 12.2. The molecule has 0 aliphatic carbocycles. The van der Waals surface area contributed by atoms with Crippen LogP contribution in [-0.2, 0) is 9.59 Å². The predicted molar refractivity (Wildman–Crippen MR) is 80.9 cm³/mol. The van der Waals surface area contributed by atoms with Crippen molar-refractivity contribution in [3.63, 3.8) is 0 Å². The number of rotatable bonds is 5. The fourth-order valence-corrected chi connectivity index (χ4v) is 2.51. The van der Waals surface area contributed by atoms with Crippen molar-refractivity contribution < 1.29 is 14.0 Å². The van der Waals surface area contributed by atoms with E-state index in [4.69, 9.17) is 4.42 Å². The molecule has 2 aromatic heterocycles. The van der Waals surface area contributed by atoms with Crippen LogP contribution in [0, 0.1) is 5.92 Å². The highest BCUT2D eigenvalue weighted by atomic mass is 32.1. The van der Waals surface area contributed by atoms with E-state index in [1.807, 2.05) is 13.8 Å². The normalized spacial score (nSPS) is 12.2. The van der Waals surface area contributed by atoms with Gasteiger partial charge >= 0.3 is 0 Å². The minimum atomic E-state index is -0.585. The van der Waals surface area contributed by atoms with Gasteiger partial charge < -0.3 is 15.1 Å². The van der Waals surface area contributed by atoms with Crippen LogP contribution in [0.5, 0.6) is 0 Å². The Morgan fingerprint density at radius 2 is 2.14 bits per heavy atom. The summed E-state index contributed by atoms with van der Waals surface area (Å²) in [6, 6.07) is 2.99. The molecule has 0 saturated carbocycles. The zero-order valence-corrected chi connectivity index (χ0v) is 12.9. The van der Waals surface area contributed by atoms with Gasteiger partial charge in [-0.15, -0.1) is 11.3 Å². The van der Waals surface area contributed by atoms with E-state index in [9.17, 15) is 9.59 Å². The topological polar surface area (TPSA) is 84.2 Å². The zero-order chi connectivity index (χ0) is 15.4. The Kier molecular flexibility index (Phi) is 4.74. The summed E-state index contributed by atoms with van der Waals surface area (Å²) in [6.07, 6.45) is 1.57. The minimum absolute atomic E-state index is 0.0154. The van der Waals surface area contributed by atoms with Crippen LogP contribution in [-0.4, -0.2) is 22.8 Å². The monoisotopic (exact) mass is 307 g/mol. The van der Waals surface area contributed by atoms with E-state index in [2.05, 4.69) is 15.6 Å². The van der Waals surface area contributed by atoms with Crippen molar-refractivity contribution in [2.45, 2.75) is 26.8 Å². The highest BCUT2D eigenvalue weighted by molar-refractivity contribution is 7.14. The van der Waals surface area contributed by atoms with Crippen LogP contribution in [0.25, 0.3) is 11.5 Å². The van der Waals surface area contributed by atoms with Gasteiger partial charge in [-0.05, 0) is 18.1 Å². The summed E-state index contributed by atoms with van der Waals surface area (Å²) in [4.78, 5) is 27.7. The van der Waals surface area contributed by atoms with Crippen LogP contribution < -0.4 is 10.6 Å². The number of aromatic nitrogens is 1. The number of thiazole rings is 1. The first-order chi connectivity index (χ1) is 9.97. The second-order valence-electron chi connectivity index (χ2n) is 4.93. The molecule has 2 N–H and O–H groups in total. The third-order valence-corrected chi connectivity index (χ3v) is 3.57. The first-order valence-electron chi connectivity index (χ1n) is 6.54. The molecular formula is C14H17N3O3S. The molecule has 0 aliphatic rings. The second-order valence-corrected chi connectivity index (χ2v) is 5.78. The molecule has 0 aliphatic heterocycles. The number of amides is 2. The van der Waals surface area contributed by atoms with Gasteiger partial charge in [-0.3, -0.25) is 9.59 Å². The lowest BCUT2D eigenvalue weighted by Gasteiger charge is -2.20. The molecule has 1 atom stereocenters. The lowest BCUT2D eigenvalue weighted by molar-refractivity contribution is -0.126. The highest BCUT2D eigenvalue weighted by Gasteiger charge is 2.23. The lowest BCUT2D eigenvalue weighted by atomic mass is 10.0. The molecule has 21 heavy (non-hydrogen) atoms. The Morgan fingerprint density at radius 3 is 2.71 bits per heavy atom. The summed E-state index contributed by atoms with van der Waals surface area (Å²) in [5.74, 6) is 0.118. The summed E-state index contributed by atoms with van der Waals surface area (Å²) in [7, 11) is 0.